The van der Waals surface area contributed by atoms with E-state index in [1.54, 1.807) is 0 Å². The van der Waals surface area contributed by atoms with E-state index in [0.717, 1.165) is 0 Å². The maximum atomic E-state index is 10.8. The highest BCUT2D eigenvalue weighted by molar-refractivity contribution is 6.45. The first-order valence-corrected chi connectivity index (χ1v) is 5.06. The molecule has 0 saturated carbocycles. The second-order valence-corrected chi connectivity index (χ2v) is 4.40. The summed E-state index contributed by atoms with van der Waals surface area (Å²) in [5, 5.41) is 18.8. The lowest BCUT2D eigenvalue weighted by Gasteiger charge is -2.17. The molecule has 0 aromatic heterocycles. The van der Waals surface area contributed by atoms with E-state index in [9.17, 15) is 5.21 Å². The summed E-state index contributed by atoms with van der Waals surface area (Å²) < 4.78 is 0. The van der Waals surface area contributed by atoms with Crippen LogP contribution < -0.4 is 5.23 Å². The minimum Gasteiger partial charge on any atom is -0.595 e. The lowest BCUT2D eigenvalue weighted by Crippen LogP contribution is -2.99. The van der Waals surface area contributed by atoms with Crippen LogP contribution in [0.3, 0.4) is 0 Å². The van der Waals surface area contributed by atoms with Crippen molar-refractivity contribution in [1.29, 1.82) is 0 Å². The SMILES string of the molecule is [O-][NH+](O)c1c(Cl)cc(Cl)cc1C(Cl)Cl. The maximum Gasteiger partial charge on any atom is 0.188 e. The lowest BCUT2D eigenvalue weighted by atomic mass is 10.2. The fourth-order valence-electron chi connectivity index (χ4n) is 0.991. The van der Waals surface area contributed by atoms with Gasteiger partial charge in [-0.15, -0.1) is 0 Å². The molecule has 1 atom stereocenters. The van der Waals surface area contributed by atoms with Crippen molar-refractivity contribution in [1.82, 2.24) is 0 Å². The molecule has 0 fully saturated rings. The van der Waals surface area contributed by atoms with Gasteiger partial charge in [0.15, 0.2) is 5.69 Å². The highest BCUT2D eigenvalue weighted by Gasteiger charge is 2.20. The van der Waals surface area contributed by atoms with Crippen molar-refractivity contribution in [3.8, 4) is 0 Å². The van der Waals surface area contributed by atoms with Gasteiger partial charge in [0.1, 0.15) is 9.86 Å². The second kappa shape index (κ2) is 4.86. The molecule has 0 spiro atoms. The molecule has 2 N–H and O–H groups in total. The van der Waals surface area contributed by atoms with Crippen molar-refractivity contribution in [2.45, 2.75) is 4.84 Å². The van der Waals surface area contributed by atoms with Gasteiger partial charge in [-0.2, -0.15) is 5.23 Å². The van der Waals surface area contributed by atoms with E-state index in [2.05, 4.69) is 0 Å². The minimum absolute atomic E-state index is 0.0197. The summed E-state index contributed by atoms with van der Waals surface area (Å²) in [4.78, 5) is -0.975. The van der Waals surface area contributed by atoms with Gasteiger partial charge in [-0.05, 0) is 12.1 Å². The van der Waals surface area contributed by atoms with Gasteiger partial charge in [0, 0.05) is 5.02 Å². The predicted octanol–water partition coefficient (Wildman–Crippen LogP) is 2.87. The summed E-state index contributed by atoms with van der Waals surface area (Å²) >= 11 is 22.5. The molecule has 0 saturated heterocycles. The fraction of sp³-hybridized carbons (Fsp3) is 0.143. The molecular formula is C7H5Cl4NO2. The van der Waals surface area contributed by atoms with Crippen LogP contribution in [0.25, 0.3) is 0 Å². The Balaban J connectivity index is 3.37. The fourth-order valence-corrected chi connectivity index (χ4v) is 1.93. The predicted molar refractivity (Wildman–Crippen MR) is 56.7 cm³/mol. The van der Waals surface area contributed by atoms with Crippen LogP contribution in [0.4, 0.5) is 5.69 Å². The van der Waals surface area contributed by atoms with Crippen LogP contribution >= 0.6 is 46.4 Å². The van der Waals surface area contributed by atoms with E-state index in [-0.39, 0.29) is 16.3 Å². The van der Waals surface area contributed by atoms with E-state index < -0.39 is 10.1 Å². The molecule has 0 heterocycles. The average molecular weight is 277 g/mol. The highest BCUT2D eigenvalue weighted by Crippen LogP contribution is 2.35. The molecule has 0 aliphatic rings. The van der Waals surface area contributed by atoms with E-state index >= 15 is 0 Å². The van der Waals surface area contributed by atoms with Crippen LogP contribution in [0, 0.1) is 5.21 Å². The summed E-state index contributed by atoms with van der Waals surface area (Å²) in [5.74, 6) is 0. The third kappa shape index (κ3) is 2.64. The minimum atomic E-state index is -1.19. The first kappa shape index (κ1) is 12.3. The molecule has 14 heavy (non-hydrogen) atoms. The Morgan fingerprint density at radius 3 is 2.29 bits per heavy atom. The van der Waals surface area contributed by atoms with Gasteiger partial charge in [0.25, 0.3) is 0 Å². The molecule has 0 radical (unpaired) electrons. The first-order valence-electron chi connectivity index (χ1n) is 3.44. The van der Waals surface area contributed by atoms with Gasteiger partial charge < -0.3 is 5.21 Å². The van der Waals surface area contributed by atoms with Gasteiger partial charge in [-0.25, -0.2) is 5.21 Å². The van der Waals surface area contributed by atoms with E-state index in [1.165, 1.54) is 12.1 Å². The molecule has 0 amide bonds. The molecule has 1 aromatic carbocycles. The Hall–Kier alpha value is 0.260. The zero-order valence-corrected chi connectivity index (χ0v) is 9.62. The first-order chi connectivity index (χ1) is 6.43. The summed E-state index contributed by atoms with van der Waals surface area (Å²) in [5.41, 5.74) is 0.0735. The molecule has 1 unspecified atom stereocenters. The third-order valence-electron chi connectivity index (χ3n) is 1.53. The van der Waals surface area contributed by atoms with Gasteiger partial charge >= 0.3 is 0 Å². The zero-order valence-electron chi connectivity index (χ0n) is 6.60. The second-order valence-electron chi connectivity index (χ2n) is 2.46. The van der Waals surface area contributed by atoms with Crippen LogP contribution in [-0.4, -0.2) is 5.21 Å². The Kier molecular flexibility index (Phi) is 4.28. The van der Waals surface area contributed by atoms with Crippen LogP contribution in [0.5, 0.6) is 0 Å². The summed E-state index contributed by atoms with van der Waals surface area (Å²) in [6.45, 7) is 0. The summed E-state index contributed by atoms with van der Waals surface area (Å²) in [7, 11) is 0. The molecule has 3 nitrogen and oxygen atoms in total. The van der Waals surface area contributed by atoms with Crippen molar-refractivity contribution >= 4 is 52.1 Å². The monoisotopic (exact) mass is 275 g/mol. The normalized spacial score (nSPS) is 13.4. The van der Waals surface area contributed by atoms with Crippen molar-refractivity contribution in [3.63, 3.8) is 0 Å². The topological polar surface area (TPSA) is 47.7 Å². The Morgan fingerprint density at radius 1 is 1.29 bits per heavy atom. The molecule has 0 aliphatic heterocycles. The molecule has 78 valence electrons. The van der Waals surface area contributed by atoms with Crippen molar-refractivity contribution in [3.05, 3.63) is 32.9 Å². The highest BCUT2D eigenvalue weighted by atomic mass is 35.5. The van der Waals surface area contributed by atoms with Crippen LogP contribution in [0.1, 0.15) is 10.4 Å². The molecule has 1 aromatic rings. The van der Waals surface area contributed by atoms with Gasteiger partial charge in [0.05, 0.1) is 5.56 Å². The average Bonchev–Trinajstić information content (AvgIpc) is 2.01. The maximum absolute atomic E-state index is 10.8. The smallest absolute Gasteiger partial charge is 0.188 e. The summed E-state index contributed by atoms with van der Waals surface area (Å²) in [6, 6.07) is 2.70. The molecular weight excluding hydrogens is 272 g/mol. The number of quaternary nitrogens is 1. The van der Waals surface area contributed by atoms with Crippen LogP contribution in [0.15, 0.2) is 12.1 Å². The number of hydrogen-bond acceptors (Lipinski definition) is 2. The zero-order chi connectivity index (χ0) is 10.9. The Bertz CT molecular complexity index is 343. The molecule has 7 heteroatoms. The van der Waals surface area contributed by atoms with Crippen molar-refractivity contribution in [2.75, 3.05) is 0 Å². The Labute approximate surface area is 100 Å². The van der Waals surface area contributed by atoms with Gasteiger partial charge in [-0.1, -0.05) is 46.4 Å². The quantitative estimate of drug-likeness (QED) is 0.645. The number of alkyl halides is 2. The standard InChI is InChI=1S/C7H5Cl4NO2/c8-3-1-4(7(10)11)6(12(13)14)5(9)2-3/h1-2,7,12-13H. The van der Waals surface area contributed by atoms with Crippen molar-refractivity contribution < 1.29 is 10.4 Å². The van der Waals surface area contributed by atoms with Crippen LogP contribution in [-0.2, 0) is 0 Å². The number of halogens is 4. The third-order valence-corrected chi connectivity index (χ3v) is 2.52. The number of hydrogen-bond donors (Lipinski definition) is 2. The van der Waals surface area contributed by atoms with E-state index in [1.807, 2.05) is 0 Å². The summed E-state index contributed by atoms with van der Waals surface area (Å²) in [6.07, 6.45) is 0. The molecule has 1 rings (SSSR count). The largest absolute Gasteiger partial charge is 0.595 e. The number of nitrogens with one attached hydrogen (secondary N) is 1. The number of benzene rings is 1. The van der Waals surface area contributed by atoms with Crippen LogP contribution in [0.2, 0.25) is 10.0 Å². The molecule has 0 aliphatic carbocycles. The van der Waals surface area contributed by atoms with Gasteiger partial charge in [0.2, 0.25) is 0 Å². The van der Waals surface area contributed by atoms with E-state index in [4.69, 9.17) is 51.6 Å². The van der Waals surface area contributed by atoms with Crippen molar-refractivity contribution in [2.24, 2.45) is 0 Å². The van der Waals surface area contributed by atoms with E-state index in [0.29, 0.717) is 5.02 Å². The lowest BCUT2D eigenvalue weighted by molar-refractivity contribution is -0.991. The molecule has 0 bridgehead atoms. The Morgan fingerprint density at radius 2 is 1.86 bits per heavy atom. The van der Waals surface area contributed by atoms with Gasteiger partial charge in [-0.3, -0.25) is 0 Å². The number of rotatable bonds is 2.